The Bertz CT molecular complexity index is 590. The summed E-state index contributed by atoms with van der Waals surface area (Å²) in [6.45, 7) is 4.96. The molecule has 0 unspecified atom stereocenters. The molecular formula is C18H22N2O. The molecule has 2 rings (SSSR count). The summed E-state index contributed by atoms with van der Waals surface area (Å²) in [5.74, 6) is -0.0882. The van der Waals surface area contributed by atoms with Crippen molar-refractivity contribution in [3.8, 4) is 0 Å². The summed E-state index contributed by atoms with van der Waals surface area (Å²) in [6.07, 6.45) is 2.19. The Morgan fingerprint density at radius 2 is 1.71 bits per heavy atom. The number of benzene rings is 2. The van der Waals surface area contributed by atoms with Gasteiger partial charge in [-0.15, -0.1) is 0 Å². The Balaban J connectivity index is 2.10. The van der Waals surface area contributed by atoms with E-state index in [9.17, 15) is 4.79 Å². The summed E-state index contributed by atoms with van der Waals surface area (Å²) in [4.78, 5) is 12.4. The molecule has 2 N–H and O–H groups in total. The maximum absolute atomic E-state index is 12.4. The fourth-order valence-corrected chi connectivity index (χ4v) is 2.27. The van der Waals surface area contributed by atoms with Crippen LogP contribution in [0.3, 0.4) is 0 Å². The number of carbonyl (C=O) groups excluding carboxylic acids is 1. The monoisotopic (exact) mass is 282 g/mol. The summed E-state index contributed by atoms with van der Waals surface area (Å²) < 4.78 is 0. The molecule has 0 saturated carbocycles. The van der Waals surface area contributed by atoms with Crippen LogP contribution in [0.4, 0.5) is 11.4 Å². The predicted octanol–water partition coefficient (Wildman–Crippen LogP) is 4.32. The minimum absolute atomic E-state index is 0.0882. The summed E-state index contributed by atoms with van der Waals surface area (Å²) in [5.41, 5.74) is 3.65. The molecule has 0 aliphatic heterocycles. The highest BCUT2D eigenvalue weighted by Crippen LogP contribution is 2.18. The van der Waals surface area contributed by atoms with Gasteiger partial charge >= 0.3 is 0 Å². The summed E-state index contributed by atoms with van der Waals surface area (Å²) >= 11 is 0. The van der Waals surface area contributed by atoms with Crippen molar-refractivity contribution >= 4 is 17.3 Å². The van der Waals surface area contributed by atoms with Crippen LogP contribution < -0.4 is 10.6 Å². The van der Waals surface area contributed by atoms with Crippen molar-refractivity contribution in [3.63, 3.8) is 0 Å². The molecule has 110 valence electrons. The maximum Gasteiger partial charge on any atom is 0.257 e. The molecule has 0 spiro atoms. The number of carbonyl (C=O) groups is 1. The molecule has 3 heteroatoms. The third-order valence-corrected chi connectivity index (χ3v) is 3.29. The van der Waals surface area contributed by atoms with Crippen LogP contribution in [0.1, 0.15) is 36.2 Å². The Hall–Kier alpha value is -2.29. The van der Waals surface area contributed by atoms with E-state index in [1.807, 2.05) is 43.3 Å². The molecule has 0 fully saturated rings. The average molecular weight is 282 g/mol. The van der Waals surface area contributed by atoms with Gasteiger partial charge in [0.25, 0.3) is 5.91 Å². The molecule has 0 aliphatic rings. The van der Waals surface area contributed by atoms with Crippen LogP contribution in [0.2, 0.25) is 0 Å². The quantitative estimate of drug-likeness (QED) is 0.828. The topological polar surface area (TPSA) is 41.1 Å². The maximum atomic E-state index is 12.4. The molecule has 0 heterocycles. The number of aryl methyl sites for hydroxylation is 1. The van der Waals surface area contributed by atoms with E-state index in [1.165, 1.54) is 5.56 Å². The van der Waals surface area contributed by atoms with Gasteiger partial charge in [-0.05, 0) is 43.2 Å². The lowest BCUT2D eigenvalue weighted by atomic mass is 10.1. The van der Waals surface area contributed by atoms with Gasteiger partial charge in [-0.1, -0.05) is 37.6 Å². The van der Waals surface area contributed by atoms with Gasteiger partial charge in [0.15, 0.2) is 0 Å². The van der Waals surface area contributed by atoms with E-state index in [4.69, 9.17) is 0 Å². The van der Waals surface area contributed by atoms with Gasteiger partial charge in [0.2, 0.25) is 0 Å². The minimum Gasteiger partial charge on any atom is -0.385 e. The molecule has 0 bridgehead atoms. The lowest BCUT2D eigenvalue weighted by molar-refractivity contribution is 0.102. The zero-order valence-corrected chi connectivity index (χ0v) is 12.6. The van der Waals surface area contributed by atoms with Crippen LogP contribution in [0.15, 0.2) is 48.5 Å². The van der Waals surface area contributed by atoms with Crippen molar-refractivity contribution in [1.82, 2.24) is 0 Å². The molecule has 2 aromatic rings. The Morgan fingerprint density at radius 3 is 2.38 bits per heavy atom. The molecule has 0 aromatic heterocycles. The van der Waals surface area contributed by atoms with Gasteiger partial charge in [0.1, 0.15) is 0 Å². The van der Waals surface area contributed by atoms with Crippen molar-refractivity contribution in [1.29, 1.82) is 0 Å². The van der Waals surface area contributed by atoms with E-state index in [0.717, 1.165) is 30.8 Å². The Labute approximate surface area is 126 Å². The third kappa shape index (κ3) is 4.09. The van der Waals surface area contributed by atoms with Crippen LogP contribution in [-0.2, 0) is 6.42 Å². The molecule has 1 amide bonds. The first-order chi connectivity index (χ1) is 10.2. The van der Waals surface area contributed by atoms with Gasteiger partial charge in [0.05, 0.1) is 5.56 Å². The highest BCUT2D eigenvalue weighted by Gasteiger charge is 2.10. The largest absolute Gasteiger partial charge is 0.385 e. The first kappa shape index (κ1) is 15.1. The lowest BCUT2D eigenvalue weighted by Gasteiger charge is -2.11. The van der Waals surface area contributed by atoms with Gasteiger partial charge in [-0.3, -0.25) is 4.79 Å². The van der Waals surface area contributed by atoms with Crippen molar-refractivity contribution in [2.75, 3.05) is 17.2 Å². The number of hydrogen-bond donors (Lipinski definition) is 2. The number of nitrogens with one attached hydrogen (secondary N) is 2. The van der Waals surface area contributed by atoms with Crippen LogP contribution in [0.5, 0.6) is 0 Å². The van der Waals surface area contributed by atoms with Crippen LogP contribution in [-0.4, -0.2) is 12.5 Å². The fraction of sp³-hybridized carbons (Fsp3) is 0.278. The second-order valence-corrected chi connectivity index (χ2v) is 4.98. The summed E-state index contributed by atoms with van der Waals surface area (Å²) in [6, 6.07) is 15.6. The van der Waals surface area contributed by atoms with Crippen molar-refractivity contribution in [2.45, 2.75) is 26.7 Å². The zero-order valence-electron chi connectivity index (χ0n) is 12.6. The third-order valence-electron chi connectivity index (χ3n) is 3.29. The second kappa shape index (κ2) is 7.48. The van der Waals surface area contributed by atoms with E-state index in [1.54, 1.807) is 0 Å². The normalized spacial score (nSPS) is 10.2. The highest BCUT2D eigenvalue weighted by atomic mass is 16.1. The van der Waals surface area contributed by atoms with E-state index >= 15 is 0 Å². The molecular weight excluding hydrogens is 260 g/mol. The van der Waals surface area contributed by atoms with Gasteiger partial charge in [-0.2, -0.15) is 0 Å². The second-order valence-electron chi connectivity index (χ2n) is 4.98. The number of rotatable bonds is 6. The molecule has 21 heavy (non-hydrogen) atoms. The SMILES string of the molecule is CCCc1ccc(NC(=O)c2ccccc2NCC)cc1. The summed E-state index contributed by atoms with van der Waals surface area (Å²) in [7, 11) is 0. The van der Waals surface area contributed by atoms with E-state index < -0.39 is 0 Å². The highest BCUT2D eigenvalue weighted by molar-refractivity contribution is 6.08. The molecule has 2 aromatic carbocycles. The molecule has 3 nitrogen and oxygen atoms in total. The number of amides is 1. The van der Waals surface area contributed by atoms with Crippen LogP contribution in [0.25, 0.3) is 0 Å². The number of para-hydroxylation sites is 1. The Kier molecular flexibility index (Phi) is 5.38. The first-order valence-electron chi connectivity index (χ1n) is 7.47. The van der Waals surface area contributed by atoms with E-state index in [0.29, 0.717) is 5.56 Å². The summed E-state index contributed by atoms with van der Waals surface area (Å²) in [5, 5.41) is 6.16. The zero-order chi connectivity index (χ0) is 15.1. The van der Waals surface area contributed by atoms with Gasteiger partial charge in [-0.25, -0.2) is 0 Å². The predicted molar refractivity (Wildman–Crippen MR) is 89.0 cm³/mol. The molecule has 0 aliphatic carbocycles. The van der Waals surface area contributed by atoms with Gasteiger partial charge < -0.3 is 10.6 Å². The Morgan fingerprint density at radius 1 is 1.00 bits per heavy atom. The van der Waals surface area contributed by atoms with E-state index in [-0.39, 0.29) is 5.91 Å². The van der Waals surface area contributed by atoms with Crippen molar-refractivity contribution in [3.05, 3.63) is 59.7 Å². The first-order valence-corrected chi connectivity index (χ1v) is 7.47. The molecule has 0 atom stereocenters. The fourth-order valence-electron chi connectivity index (χ4n) is 2.27. The van der Waals surface area contributed by atoms with Gasteiger partial charge in [0, 0.05) is 17.9 Å². The van der Waals surface area contributed by atoms with Crippen molar-refractivity contribution in [2.24, 2.45) is 0 Å². The van der Waals surface area contributed by atoms with E-state index in [2.05, 4.69) is 29.7 Å². The number of hydrogen-bond acceptors (Lipinski definition) is 2. The smallest absolute Gasteiger partial charge is 0.257 e. The molecule has 0 saturated heterocycles. The lowest BCUT2D eigenvalue weighted by Crippen LogP contribution is -2.14. The number of anilines is 2. The minimum atomic E-state index is -0.0882. The van der Waals surface area contributed by atoms with Crippen molar-refractivity contribution < 1.29 is 4.79 Å². The van der Waals surface area contributed by atoms with Crippen LogP contribution >= 0.6 is 0 Å². The average Bonchev–Trinajstić information content (AvgIpc) is 2.50. The standard InChI is InChI=1S/C18H22N2O/c1-3-7-14-10-12-15(13-11-14)20-18(21)16-8-5-6-9-17(16)19-4-2/h5-6,8-13,19H,3-4,7H2,1-2H3,(H,20,21). The molecule has 0 radical (unpaired) electrons. The van der Waals surface area contributed by atoms with Crippen LogP contribution in [0, 0.1) is 0 Å².